The van der Waals surface area contributed by atoms with Crippen molar-refractivity contribution in [2.75, 3.05) is 27.1 Å². The average molecular weight is 289 g/mol. The standard InChI is InChI=1S/C15H19N3O3/c1-5-9-6-14(16)18-15(17-9)10-7-12(20-3)13(21-4)8-11(10)19-2/h6-8H,5H2,1-4H3,(H2,16,17,18). The lowest BCUT2D eigenvalue weighted by Crippen LogP contribution is -2.02. The molecule has 6 heteroatoms. The molecule has 0 saturated carbocycles. The molecule has 0 spiro atoms. The third-order valence-electron chi connectivity index (χ3n) is 3.11. The molecule has 0 aliphatic carbocycles. The van der Waals surface area contributed by atoms with Crippen LogP contribution in [0, 0.1) is 0 Å². The van der Waals surface area contributed by atoms with Gasteiger partial charge in [0.1, 0.15) is 11.6 Å². The van der Waals surface area contributed by atoms with E-state index in [1.165, 1.54) is 0 Å². The van der Waals surface area contributed by atoms with Crippen LogP contribution >= 0.6 is 0 Å². The van der Waals surface area contributed by atoms with Gasteiger partial charge in [-0.05, 0) is 12.5 Å². The van der Waals surface area contributed by atoms with Gasteiger partial charge in [0, 0.05) is 17.8 Å². The highest BCUT2D eigenvalue weighted by molar-refractivity contribution is 5.70. The number of aryl methyl sites for hydroxylation is 1. The Kier molecular flexibility index (Phi) is 4.47. The molecule has 112 valence electrons. The highest BCUT2D eigenvalue weighted by atomic mass is 16.5. The Morgan fingerprint density at radius 2 is 1.52 bits per heavy atom. The van der Waals surface area contributed by atoms with Crippen LogP contribution in [-0.2, 0) is 6.42 Å². The molecule has 1 aromatic carbocycles. The zero-order valence-electron chi connectivity index (χ0n) is 12.6. The third-order valence-corrected chi connectivity index (χ3v) is 3.11. The summed E-state index contributed by atoms with van der Waals surface area (Å²) in [5.41, 5.74) is 7.42. The van der Waals surface area contributed by atoms with E-state index in [0.29, 0.717) is 34.5 Å². The fourth-order valence-corrected chi connectivity index (χ4v) is 2.02. The van der Waals surface area contributed by atoms with Gasteiger partial charge < -0.3 is 19.9 Å². The van der Waals surface area contributed by atoms with E-state index in [4.69, 9.17) is 19.9 Å². The summed E-state index contributed by atoms with van der Waals surface area (Å²) in [6, 6.07) is 5.29. The Bertz CT molecular complexity index is 644. The van der Waals surface area contributed by atoms with Gasteiger partial charge in [0.25, 0.3) is 0 Å². The topological polar surface area (TPSA) is 79.5 Å². The van der Waals surface area contributed by atoms with Crippen LogP contribution < -0.4 is 19.9 Å². The molecule has 0 amide bonds. The van der Waals surface area contributed by atoms with Crippen molar-refractivity contribution < 1.29 is 14.2 Å². The highest BCUT2D eigenvalue weighted by Crippen LogP contribution is 2.39. The maximum Gasteiger partial charge on any atom is 0.165 e. The number of anilines is 1. The lowest BCUT2D eigenvalue weighted by atomic mass is 10.1. The molecular weight excluding hydrogens is 270 g/mol. The van der Waals surface area contributed by atoms with E-state index in [9.17, 15) is 0 Å². The smallest absolute Gasteiger partial charge is 0.165 e. The summed E-state index contributed by atoms with van der Waals surface area (Å²) in [6.07, 6.45) is 0.773. The Hall–Kier alpha value is -2.50. The number of methoxy groups -OCH3 is 3. The fourth-order valence-electron chi connectivity index (χ4n) is 2.02. The number of hydrogen-bond acceptors (Lipinski definition) is 6. The molecule has 0 radical (unpaired) electrons. The number of benzene rings is 1. The molecule has 21 heavy (non-hydrogen) atoms. The first-order valence-corrected chi connectivity index (χ1v) is 6.56. The maximum atomic E-state index is 5.84. The van der Waals surface area contributed by atoms with Crippen molar-refractivity contribution in [1.29, 1.82) is 0 Å². The minimum atomic E-state index is 0.425. The molecular formula is C15H19N3O3. The lowest BCUT2D eigenvalue weighted by Gasteiger charge is -2.14. The molecule has 0 fully saturated rings. The molecule has 0 aliphatic rings. The van der Waals surface area contributed by atoms with Gasteiger partial charge in [0.05, 0.1) is 26.9 Å². The summed E-state index contributed by atoms with van der Waals surface area (Å²) in [6.45, 7) is 2.01. The minimum Gasteiger partial charge on any atom is -0.496 e. The van der Waals surface area contributed by atoms with E-state index < -0.39 is 0 Å². The Morgan fingerprint density at radius 3 is 2.10 bits per heavy atom. The molecule has 2 N–H and O–H groups in total. The predicted octanol–water partition coefficient (Wildman–Crippen LogP) is 2.31. The van der Waals surface area contributed by atoms with Crippen LogP contribution in [0.25, 0.3) is 11.4 Å². The first-order valence-electron chi connectivity index (χ1n) is 6.56. The summed E-state index contributed by atoms with van der Waals surface area (Å²) in [7, 11) is 4.73. The van der Waals surface area contributed by atoms with Crippen LogP contribution in [0.4, 0.5) is 5.82 Å². The molecule has 0 atom stereocenters. The quantitative estimate of drug-likeness (QED) is 0.910. The van der Waals surface area contributed by atoms with E-state index in [0.717, 1.165) is 12.1 Å². The van der Waals surface area contributed by atoms with Crippen LogP contribution in [0.15, 0.2) is 18.2 Å². The van der Waals surface area contributed by atoms with Crippen molar-refractivity contribution in [3.8, 4) is 28.6 Å². The van der Waals surface area contributed by atoms with Gasteiger partial charge in [-0.1, -0.05) is 6.92 Å². The van der Waals surface area contributed by atoms with Gasteiger partial charge >= 0.3 is 0 Å². The molecule has 6 nitrogen and oxygen atoms in total. The van der Waals surface area contributed by atoms with Gasteiger partial charge in [-0.2, -0.15) is 0 Å². The number of rotatable bonds is 5. The Labute approximate surface area is 123 Å². The molecule has 1 aromatic heterocycles. The van der Waals surface area contributed by atoms with E-state index in [1.54, 1.807) is 39.5 Å². The first kappa shape index (κ1) is 14.9. The van der Waals surface area contributed by atoms with Crippen LogP contribution in [-0.4, -0.2) is 31.3 Å². The van der Waals surface area contributed by atoms with Crippen LogP contribution in [0.2, 0.25) is 0 Å². The van der Waals surface area contributed by atoms with E-state index >= 15 is 0 Å². The number of nitrogens with two attached hydrogens (primary N) is 1. The summed E-state index contributed by atoms with van der Waals surface area (Å²) >= 11 is 0. The molecule has 0 aliphatic heterocycles. The van der Waals surface area contributed by atoms with Crippen molar-refractivity contribution in [1.82, 2.24) is 9.97 Å². The van der Waals surface area contributed by atoms with Gasteiger partial charge in [0.15, 0.2) is 17.3 Å². The third kappa shape index (κ3) is 2.99. The first-order chi connectivity index (χ1) is 10.1. The molecule has 2 rings (SSSR count). The average Bonchev–Trinajstić information content (AvgIpc) is 2.52. The second-order valence-electron chi connectivity index (χ2n) is 4.37. The number of hydrogen-bond donors (Lipinski definition) is 1. The van der Waals surface area contributed by atoms with E-state index in [2.05, 4.69) is 9.97 Å². The summed E-state index contributed by atoms with van der Waals surface area (Å²) in [5, 5.41) is 0. The number of aromatic nitrogens is 2. The van der Waals surface area contributed by atoms with Crippen molar-refractivity contribution in [3.63, 3.8) is 0 Å². The van der Waals surface area contributed by atoms with Crippen molar-refractivity contribution >= 4 is 5.82 Å². The molecule has 0 unspecified atom stereocenters. The van der Waals surface area contributed by atoms with Gasteiger partial charge in [0.2, 0.25) is 0 Å². The van der Waals surface area contributed by atoms with Crippen LogP contribution in [0.3, 0.4) is 0 Å². The molecule has 0 bridgehead atoms. The number of nitrogens with zero attached hydrogens (tertiary/aromatic N) is 2. The normalized spacial score (nSPS) is 10.3. The van der Waals surface area contributed by atoms with Gasteiger partial charge in [-0.3, -0.25) is 0 Å². The Morgan fingerprint density at radius 1 is 0.905 bits per heavy atom. The van der Waals surface area contributed by atoms with Gasteiger partial charge in [-0.15, -0.1) is 0 Å². The molecule has 2 aromatic rings. The fraction of sp³-hybridized carbons (Fsp3) is 0.333. The van der Waals surface area contributed by atoms with Crippen molar-refractivity contribution in [3.05, 3.63) is 23.9 Å². The van der Waals surface area contributed by atoms with E-state index in [1.807, 2.05) is 6.92 Å². The number of ether oxygens (including phenoxy) is 3. The summed E-state index contributed by atoms with van der Waals surface area (Å²) in [4.78, 5) is 8.78. The van der Waals surface area contributed by atoms with Crippen LogP contribution in [0.5, 0.6) is 17.2 Å². The molecule has 0 saturated heterocycles. The number of nitrogen functional groups attached to an aromatic ring is 1. The monoisotopic (exact) mass is 289 g/mol. The van der Waals surface area contributed by atoms with E-state index in [-0.39, 0.29) is 0 Å². The highest BCUT2D eigenvalue weighted by Gasteiger charge is 2.16. The lowest BCUT2D eigenvalue weighted by molar-refractivity contribution is 0.349. The van der Waals surface area contributed by atoms with Crippen LogP contribution in [0.1, 0.15) is 12.6 Å². The summed E-state index contributed by atoms with van der Waals surface area (Å²) < 4.78 is 16.0. The van der Waals surface area contributed by atoms with Gasteiger partial charge in [-0.25, -0.2) is 9.97 Å². The molecule has 1 heterocycles. The maximum absolute atomic E-state index is 5.84. The second kappa shape index (κ2) is 6.30. The summed E-state index contributed by atoms with van der Waals surface area (Å²) in [5.74, 6) is 2.69. The van der Waals surface area contributed by atoms with Crippen molar-refractivity contribution in [2.45, 2.75) is 13.3 Å². The largest absolute Gasteiger partial charge is 0.496 e. The zero-order chi connectivity index (χ0) is 15.4. The SMILES string of the molecule is CCc1cc(N)nc(-c2cc(OC)c(OC)cc2OC)n1. The van der Waals surface area contributed by atoms with Crippen molar-refractivity contribution in [2.24, 2.45) is 0 Å². The minimum absolute atomic E-state index is 0.425. The second-order valence-corrected chi connectivity index (χ2v) is 4.37. The predicted molar refractivity (Wildman–Crippen MR) is 80.9 cm³/mol. The Balaban J connectivity index is 2.64. The zero-order valence-corrected chi connectivity index (χ0v) is 12.6.